The first kappa shape index (κ1) is 14.3. The predicted molar refractivity (Wildman–Crippen MR) is 80.8 cm³/mol. The molecule has 4 heteroatoms. The Labute approximate surface area is 119 Å². The van der Waals surface area contributed by atoms with Gasteiger partial charge in [-0.25, -0.2) is 0 Å². The Kier molecular flexibility index (Phi) is 5.49. The van der Waals surface area contributed by atoms with Gasteiger partial charge in [-0.2, -0.15) is 0 Å². The van der Waals surface area contributed by atoms with Crippen LogP contribution >= 0.6 is 22.9 Å². The molecule has 0 fully saturated rings. The zero-order valence-corrected chi connectivity index (χ0v) is 12.9. The maximum Gasteiger partial charge on any atom is 0.0934 e. The van der Waals surface area contributed by atoms with Gasteiger partial charge in [0.1, 0.15) is 0 Å². The highest BCUT2D eigenvalue weighted by Crippen LogP contribution is 2.39. The Morgan fingerprint density at radius 1 is 1.44 bits per heavy atom. The van der Waals surface area contributed by atoms with Crippen molar-refractivity contribution >= 4 is 22.9 Å². The van der Waals surface area contributed by atoms with Gasteiger partial charge in [0.25, 0.3) is 0 Å². The van der Waals surface area contributed by atoms with E-state index in [0.717, 1.165) is 24.0 Å². The van der Waals surface area contributed by atoms with Gasteiger partial charge in [-0.1, -0.05) is 25.4 Å². The molecule has 0 spiro atoms. The number of nitrogens with zero attached hydrogens (tertiary/aromatic N) is 1. The number of likely N-dealkylation sites (N-methyl/N-ethyl adjacent to an activating group) is 1. The van der Waals surface area contributed by atoms with Crippen LogP contribution in [0, 0.1) is 0 Å². The summed E-state index contributed by atoms with van der Waals surface area (Å²) in [5, 5.41) is 3.68. The zero-order valence-electron chi connectivity index (χ0n) is 11.3. The fraction of sp³-hybridized carbons (Fsp3) is 0.714. The van der Waals surface area contributed by atoms with E-state index in [2.05, 4.69) is 30.1 Å². The second-order valence-electron chi connectivity index (χ2n) is 4.91. The van der Waals surface area contributed by atoms with Gasteiger partial charge < -0.3 is 10.2 Å². The average Bonchev–Trinajstić information content (AvgIpc) is 2.88. The Morgan fingerprint density at radius 3 is 3.00 bits per heavy atom. The fourth-order valence-electron chi connectivity index (χ4n) is 2.68. The summed E-state index contributed by atoms with van der Waals surface area (Å²) < 4.78 is 0.938. The quantitative estimate of drug-likeness (QED) is 0.822. The monoisotopic (exact) mass is 286 g/mol. The highest BCUT2D eigenvalue weighted by atomic mass is 35.5. The molecule has 0 saturated carbocycles. The molecule has 102 valence electrons. The normalized spacial score (nSPS) is 18.6. The van der Waals surface area contributed by atoms with Crippen LogP contribution in [0.4, 0.5) is 0 Å². The SMILES string of the molecule is CCCN(CC)CCNC1CCc2sc(Cl)cc21. The summed E-state index contributed by atoms with van der Waals surface area (Å²) in [5.41, 5.74) is 1.45. The van der Waals surface area contributed by atoms with Crippen molar-refractivity contribution < 1.29 is 0 Å². The summed E-state index contributed by atoms with van der Waals surface area (Å²) in [5.74, 6) is 0. The van der Waals surface area contributed by atoms with Crippen molar-refractivity contribution in [3.05, 3.63) is 20.8 Å². The van der Waals surface area contributed by atoms with E-state index in [-0.39, 0.29) is 0 Å². The van der Waals surface area contributed by atoms with Gasteiger partial charge in [0.05, 0.1) is 4.34 Å². The smallest absolute Gasteiger partial charge is 0.0934 e. The van der Waals surface area contributed by atoms with Crippen molar-refractivity contribution in [1.29, 1.82) is 0 Å². The number of nitrogens with one attached hydrogen (secondary N) is 1. The molecule has 2 nitrogen and oxygen atoms in total. The van der Waals surface area contributed by atoms with E-state index in [1.165, 1.54) is 36.2 Å². The van der Waals surface area contributed by atoms with E-state index in [1.54, 1.807) is 11.3 Å². The maximum absolute atomic E-state index is 6.07. The summed E-state index contributed by atoms with van der Waals surface area (Å²) in [6.07, 6.45) is 3.66. The Morgan fingerprint density at radius 2 is 2.28 bits per heavy atom. The summed E-state index contributed by atoms with van der Waals surface area (Å²) >= 11 is 7.82. The number of hydrogen-bond donors (Lipinski definition) is 1. The Balaban J connectivity index is 1.78. The standard InChI is InChI=1S/C14H23ClN2S/c1-3-8-17(4-2)9-7-16-12-5-6-13-11(12)10-14(15)18-13/h10,12,16H,3-9H2,1-2H3. The van der Waals surface area contributed by atoms with Crippen molar-refractivity contribution in [3.8, 4) is 0 Å². The van der Waals surface area contributed by atoms with Gasteiger partial charge in [0.2, 0.25) is 0 Å². The number of aryl methyl sites for hydroxylation is 1. The molecule has 2 rings (SSSR count). The van der Waals surface area contributed by atoms with Gasteiger partial charge in [-0.3, -0.25) is 0 Å². The lowest BCUT2D eigenvalue weighted by Gasteiger charge is -2.21. The molecular formula is C14H23ClN2S. The van der Waals surface area contributed by atoms with E-state index >= 15 is 0 Å². The van der Waals surface area contributed by atoms with Gasteiger partial charge >= 0.3 is 0 Å². The minimum atomic E-state index is 0.532. The predicted octanol–water partition coefficient (Wildman–Crippen LogP) is 3.71. The van der Waals surface area contributed by atoms with E-state index < -0.39 is 0 Å². The van der Waals surface area contributed by atoms with Gasteiger partial charge in [0.15, 0.2) is 0 Å². The molecular weight excluding hydrogens is 264 g/mol. The summed E-state index contributed by atoms with van der Waals surface area (Å²) in [7, 11) is 0. The summed E-state index contributed by atoms with van der Waals surface area (Å²) in [6, 6.07) is 2.68. The number of hydrogen-bond acceptors (Lipinski definition) is 3. The molecule has 1 unspecified atom stereocenters. The third-order valence-electron chi connectivity index (χ3n) is 3.65. The minimum absolute atomic E-state index is 0.532. The number of fused-ring (bicyclic) bond motifs is 1. The van der Waals surface area contributed by atoms with Crippen LogP contribution in [0.1, 0.15) is 43.2 Å². The molecule has 18 heavy (non-hydrogen) atoms. The van der Waals surface area contributed by atoms with E-state index in [9.17, 15) is 0 Å². The highest BCUT2D eigenvalue weighted by Gasteiger charge is 2.24. The highest BCUT2D eigenvalue weighted by molar-refractivity contribution is 7.16. The van der Waals surface area contributed by atoms with Crippen LogP contribution < -0.4 is 5.32 Å². The molecule has 0 bridgehead atoms. The molecule has 1 aliphatic rings. The maximum atomic E-state index is 6.07. The van der Waals surface area contributed by atoms with Gasteiger partial charge in [-0.05, 0) is 44.0 Å². The first-order chi connectivity index (χ1) is 8.74. The lowest BCUT2D eigenvalue weighted by atomic mass is 10.2. The number of halogens is 1. The molecule has 0 radical (unpaired) electrons. The third-order valence-corrected chi connectivity index (χ3v) is 4.99. The van der Waals surface area contributed by atoms with Crippen molar-refractivity contribution in [1.82, 2.24) is 10.2 Å². The van der Waals surface area contributed by atoms with Gasteiger partial charge in [-0.15, -0.1) is 11.3 Å². The second kappa shape index (κ2) is 6.90. The minimum Gasteiger partial charge on any atom is -0.309 e. The largest absolute Gasteiger partial charge is 0.309 e. The van der Waals surface area contributed by atoms with Crippen LogP contribution in [-0.2, 0) is 6.42 Å². The van der Waals surface area contributed by atoms with E-state index in [1.807, 2.05) is 0 Å². The molecule has 0 aromatic carbocycles. The molecule has 1 N–H and O–H groups in total. The van der Waals surface area contributed by atoms with Crippen LogP contribution in [0.5, 0.6) is 0 Å². The fourth-order valence-corrected chi connectivity index (χ4v) is 4.04. The first-order valence-electron chi connectivity index (χ1n) is 6.98. The van der Waals surface area contributed by atoms with Crippen molar-refractivity contribution in [2.24, 2.45) is 0 Å². The van der Waals surface area contributed by atoms with E-state index in [4.69, 9.17) is 11.6 Å². The van der Waals surface area contributed by atoms with Crippen LogP contribution in [0.3, 0.4) is 0 Å². The Bertz CT molecular complexity index is 378. The summed E-state index contributed by atoms with van der Waals surface area (Å²) in [4.78, 5) is 3.99. The first-order valence-corrected chi connectivity index (χ1v) is 8.17. The molecule has 0 amide bonds. The molecule has 1 atom stereocenters. The molecule has 1 aromatic rings. The topological polar surface area (TPSA) is 15.3 Å². The molecule has 0 saturated heterocycles. The summed E-state index contributed by atoms with van der Waals surface area (Å²) in [6.45, 7) is 9.06. The second-order valence-corrected chi connectivity index (χ2v) is 6.68. The molecule has 0 aliphatic heterocycles. The zero-order chi connectivity index (χ0) is 13.0. The van der Waals surface area contributed by atoms with Crippen molar-refractivity contribution in [2.75, 3.05) is 26.2 Å². The van der Waals surface area contributed by atoms with Gasteiger partial charge in [0, 0.05) is 24.0 Å². The molecule has 1 heterocycles. The van der Waals surface area contributed by atoms with Crippen LogP contribution in [-0.4, -0.2) is 31.1 Å². The lowest BCUT2D eigenvalue weighted by molar-refractivity contribution is 0.282. The van der Waals surface area contributed by atoms with Crippen molar-refractivity contribution in [2.45, 2.75) is 39.2 Å². The van der Waals surface area contributed by atoms with E-state index in [0.29, 0.717) is 6.04 Å². The lowest BCUT2D eigenvalue weighted by Crippen LogP contribution is -2.33. The third kappa shape index (κ3) is 3.47. The molecule has 1 aromatic heterocycles. The van der Waals surface area contributed by atoms with Crippen LogP contribution in [0.2, 0.25) is 4.34 Å². The number of rotatable bonds is 7. The molecule has 1 aliphatic carbocycles. The van der Waals surface area contributed by atoms with Crippen molar-refractivity contribution in [3.63, 3.8) is 0 Å². The average molecular weight is 287 g/mol. The van der Waals surface area contributed by atoms with Crippen LogP contribution in [0.15, 0.2) is 6.07 Å². The van der Waals surface area contributed by atoms with Crippen LogP contribution in [0.25, 0.3) is 0 Å². The number of thiophene rings is 1. The Hall–Kier alpha value is -0.0900.